The lowest BCUT2D eigenvalue weighted by molar-refractivity contribution is -0.385. The van der Waals surface area contributed by atoms with Crippen molar-refractivity contribution in [2.45, 2.75) is 13.0 Å². The summed E-state index contributed by atoms with van der Waals surface area (Å²) in [6.07, 6.45) is 1.18. The Hall–Kier alpha value is -1.97. The Balaban J connectivity index is 2.75. The Morgan fingerprint density at radius 3 is 2.95 bits per heavy atom. The highest BCUT2D eigenvalue weighted by atomic mass is 35.5. The lowest BCUT2D eigenvalue weighted by Gasteiger charge is -2.13. The maximum Gasteiger partial charge on any atom is 0.312 e. The zero-order chi connectivity index (χ0) is 16.7. The first kappa shape index (κ1) is 18.1. The zero-order valence-corrected chi connectivity index (χ0v) is 13.4. The second-order valence-corrected chi connectivity index (χ2v) is 5.16. The number of hydrazone groups is 1. The van der Waals surface area contributed by atoms with Gasteiger partial charge in [-0.1, -0.05) is 11.6 Å². The minimum Gasteiger partial charge on any atom is -0.502 e. The summed E-state index contributed by atoms with van der Waals surface area (Å²) in [5.41, 5.74) is 2.13. The van der Waals surface area contributed by atoms with E-state index in [4.69, 9.17) is 28.6 Å². The highest BCUT2D eigenvalue weighted by molar-refractivity contribution is 7.80. The van der Waals surface area contributed by atoms with Gasteiger partial charge in [-0.15, -0.1) is 0 Å². The van der Waals surface area contributed by atoms with Gasteiger partial charge in [0.1, 0.15) is 0 Å². The van der Waals surface area contributed by atoms with Gasteiger partial charge < -0.3 is 15.2 Å². The molecule has 0 aliphatic rings. The van der Waals surface area contributed by atoms with Crippen LogP contribution in [-0.2, 0) is 4.74 Å². The van der Waals surface area contributed by atoms with Gasteiger partial charge in [0.25, 0.3) is 0 Å². The number of ether oxygens (including phenoxy) is 1. The molecule has 10 heteroatoms. The van der Waals surface area contributed by atoms with Crippen LogP contribution in [-0.4, -0.2) is 41.1 Å². The van der Waals surface area contributed by atoms with Crippen LogP contribution < -0.4 is 10.7 Å². The summed E-state index contributed by atoms with van der Waals surface area (Å²) >= 11 is 10.8. The third-order valence-electron chi connectivity index (χ3n) is 2.44. The maximum absolute atomic E-state index is 10.8. The molecule has 0 fully saturated rings. The number of methoxy groups -OCH3 is 1. The molecule has 3 N–H and O–H groups in total. The molecule has 0 aromatic heterocycles. The number of phenols is 1. The molecule has 1 rings (SSSR count). The minimum atomic E-state index is -0.732. The molecule has 0 unspecified atom stereocenters. The number of hydrogen-bond acceptors (Lipinski definition) is 6. The highest BCUT2D eigenvalue weighted by Crippen LogP contribution is 2.32. The van der Waals surface area contributed by atoms with Crippen LogP contribution in [0.25, 0.3) is 0 Å². The van der Waals surface area contributed by atoms with E-state index >= 15 is 0 Å². The number of halogens is 1. The standard InChI is InChI=1S/C12H15ClN4O4S/c1-7(6-21-2)15-12(22)16-14-5-8-3-9(13)4-10(11(8)18)17(19)20/h3-5,7,18H,6H2,1-2H3,(H2,15,16,22)/b14-5-/t7-/m0/s1. The van der Waals surface area contributed by atoms with E-state index < -0.39 is 16.4 Å². The molecule has 8 nitrogen and oxygen atoms in total. The van der Waals surface area contributed by atoms with Crippen molar-refractivity contribution in [2.75, 3.05) is 13.7 Å². The van der Waals surface area contributed by atoms with E-state index in [1.165, 1.54) is 12.3 Å². The number of hydrogen-bond donors (Lipinski definition) is 3. The summed E-state index contributed by atoms with van der Waals surface area (Å²) in [5, 5.41) is 27.6. The number of benzene rings is 1. The minimum absolute atomic E-state index is 0.0131. The summed E-state index contributed by atoms with van der Waals surface area (Å²) < 4.78 is 4.94. The SMILES string of the molecule is COC[C@H](C)NC(=S)N/N=C\c1cc(Cl)cc([N+](=O)[O-])c1O. The van der Waals surface area contributed by atoms with Crippen LogP contribution in [0.2, 0.25) is 5.02 Å². The van der Waals surface area contributed by atoms with E-state index in [1.807, 2.05) is 6.92 Å². The van der Waals surface area contributed by atoms with E-state index in [1.54, 1.807) is 7.11 Å². The van der Waals surface area contributed by atoms with E-state index in [0.717, 1.165) is 6.07 Å². The molecule has 120 valence electrons. The molecule has 1 aromatic carbocycles. The van der Waals surface area contributed by atoms with Crippen molar-refractivity contribution >= 4 is 40.8 Å². The Kier molecular flexibility index (Phi) is 6.96. The van der Waals surface area contributed by atoms with Crippen molar-refractivity contribution in [1.29, 1.82) is 0 Å². The van der Waals surface area contributed by atoms with E-state index in [9.17, 15) is 15.2 Å². The molecular weight excluding hydrogens is 332 g/mol. The second kappa shape index (κ2) is 8.47. The number of nitro benzene ring substituents is 1. The molecule has 0 saturated heterocycles. The van der Waals surface area contributed by atoms with Gasteiger partial charge >= 0.3 is 5.69 Å². The van der Waals surface area contributed by atoms with Crippen LogP contribution in [0.1, 0.15) is 12.5 Å². The molecule has 0 amide bonds. The van der Waals surface area contributed by atoms with Gasteiger partial charge in [0.15, 0.2) is 5.11 Å². The number of nitro groups is 1. The van der Waals surface area contributed by atoms with Gasteiger partial charge in [-0.05, 0) is 25.2 Å². The van der Waals surface area contributed by atoms with Crippen LogP contribution in [0, 0.1) is 10.1 Å². The fourth-order valence-electron chi connectivity index (χ4n) is 1.55. The highest BCUT2D eigenvalue weighted by Gasteiger charge is 2.17. The van der Waals surface area contributed by atoms with Gasteiger partial charge in [-0.2, -0.15) is 5.10 Å². The topological polar surface area (TPSA) is 109 Å². The fraction of sp³-hybridized carbons (Fsp3) is 0.333. The van der Waals surface area contributed by atoms with Gasteiger partial charge in [-0.25, -0.2) is 0 Å². The smallest absolute Gasteiger partial charge is 0.312 e. The summed E-state index contributed by atoms with van der Waals surface area (Å²) in [7, 11) is 1.57. The van der Waals surface area contributed by atoms with E-state index in [2.05, 4.69) is 15.8 Å². The quantitative estimate of drug-likeness (QED) is 0.312. The molecule has 0 bridgehead atoms. The molecule has 0 heterocycles. The molecule has 0 radical (unpaired) electrons. The van der Waals surface area contributed by atoms with E-state index in [-0.39, 0.29) is 21.7 Å². The molecule has 22 heavy (non-hydrogen) atoms. The van der Waals surface area contributed by atoms with Crippen molar-refractivity contribution in [2.24, 2.45) is 5.10 Å². The number of nitrogens with zero attached hydrogens (tertiary/aromatic N) is 2. The van der Waals surface area contributed by atoms with Gasteiger partial charge in [-0.3, -0.25) is 15.5 Å². The number of thiocarbonyl (C=S) groups is 1. The monoisotopic (exact) mass is 346 g/mol. The summed E-state index contributed by atoms with van der Waals surface area (Å²) in [4.78, 5) is 10.0. The first-order valence-corrected chi connectivity index (χ1v) is 6.89. The molecule has 0 saturated carbocycles. The first-order valence-electron chi connectivity index (χ1n) is 6.10. The molecular formula is C12H15ClN4O4S. The molecule has 1 atom stereocenters. The summed E-state index contributed by atoms with van der Waals surface area (Å²) in [6, 6.07) is 2.39. The fourth-order valence-corrected chi connectivity index (χ4v) is 2.03. The van der Waals surface area contributed by atoms with Crippen molar-refractivity contribution in [3.05, 3.63) is 32.8 Å². The predicted octanol–water partition coefficient (Wildman–Crippen LogP) is 1.79. The van der Waals surface area contributed by atoms with Gasteiger partial charge in [0, 0.05) is 29.8 Å². The Labute approximate surface area is 137 Å². The lowest BCUT2D eigenvalue weighted by Crippen LogP contribution is -2.40. The van der Waals surface area contributed by atoms with Crippen LogP contribution in [0.15, 0.2) is 17.2 Å². The number of phenolic OH excluding ortho intramolecular Hbond substituents is 1. The summed E-state index contributed by atoms with van der Waals surface area (Å²) in [5.74, 6) is -0.522. The summed E-state index contributed by atoms with van der Waals surface area (Å²) in [6.45, 7) is 2.33. The Morgan fingerprint density at radius 2 is 2.36 bits per heavy atom. The van der Waals surface area contributed by atoms with Crippen LogP contribution in [0.5, 0.6) is 5.75 Å². The maximum atomic E-state index is 10.8. The molecule has 0 spiro atoms. The van der Waals surface area contributed by atoms with Gasteiger partial charge in [0.05, 0.1) is 17.7 Å². The lowest BCUT2D eigenvalue weighted by atomic mass is 10.2. The molecule has 0 aliphatic carbocycles. The number of aromatic hydroxyl groups is 1. The predicted molar refractivity (Wildman–Crippen MR) is 87.6 cm³/mol. The largest absolute Gasteiger partial charge is 0.502 e. The van der Waals surface area contributed by atoms with E-state index in [0.29, 0.717) is 6.61 Å². The zero-order valence-electron chi connectivity index (χ0n) is 11.9. The third-order valence-corrected chi connectivity index (χ3v) is 2.87. The molecule has 1 aromatic rings. The number of rotatable bonds is 6. The van der Waals surface area contributed by atoms with Crippen molar-refractivity contribution in [1.82, 2.24) is 10.7 Å². The second-order valence-electron chi connectivity index (χ2n) is 4.32. The average molecular weight is 347 g/mol. The average Bonchev–Trinajstić information content (AvgIpc) is 2.42. The van der Waals surface area contributed by atoms with Crippen molar-refractivity contribution in [3.8, 4) is 5.75 Å². The normalized spacial score (nSPS) is 12.1. The molecule has 0 aliphatic heterocycles. The first-order chi connectivity index (χ1) is 10.3. The van der Waals surface area contributed by atoms with Crippen LogP contribution in [0.3, 0.4) is 0 Å². The van der Waals surface area contributed by atoms with Crippen LogP contribution in [0.4, 0.5) is 5.69 Å². The number of nitrogens with one attached hydrogen (secondary N) is 2. The van der Waals surface area contributed by atoms with Crippen LogP contribution >= 0.6 is 23.8 Å². The van der Waals surface area contributed by atoms with Crippen molar-refractivity contribution < 1.29 is 14.8 Å². The van der Waals surface area contributed by atoms with Crippen molar-refractivity contribution in [3.63, 3.8) is 0 Å². The Bertz CT molecular complexity index is 597. The third kappa shape index (κ3) is 5.43. The van der Waals surface area contributed by atoms with Gasteiger partial charge in [0.2, 0.25) is 5.75 Å². The Morgan fingerprint density at radius 1 is 1.68 bits per heavy atom.